The molecule has 1 N–H and O–H groups in total. The van der Waals surface area contributed by atoms with Gasteiger partial charge in [0.2, 0.25) is 0 Å². The molecule has 0 radical (unpaired) electrons. The van der Waals surface area contributed by atoms with E-state index in [2.05, 4.69) is 29.6 Å². The summed E-state index contributed by atoms with van der Waals surface area (Å²) in [5.41, 5.74) is 5.75. The Morgan fingerprint density at radius 3 is 1.92 bits per heavy atom. The highest BCUT2D eigenvalue weighted by atomic mass is 16.5. The highest BCUT2D eigenvalue weighted by molar-refractivity contribution is 6.01. The van der Waals surface area contributed by atoms with Crippen LogP contribution >= 0.6 is 0 Å². The Bertz CT molecular complexity index is 1410. The zero-order valence-corrected chi connectivity index (χ0v) is 22.5. The van der Waals surface area contributed by atoms with E-state index in [9.17, 15) is 9.59 Å². The summed E-state index contributed by atoms with van der Waals surface area (Å²) in [4.78, 5) is 26.5. The molecular weight excluding hydrogens is 486 g/mol. The highest BCUT2D eigenvalue weighted by Crippen LogP contribution is 2.44. The van der Waals surface area contributed by atoms with Gasteiger partial charge in [-0.05, 0) is 60.7 Å². The van der Waals surface area contributed by atoms with Gasteiger partial charge in [0.25, 0.3) is 0 Å². The number of nitrogens with one attached hydrogen (secondary N) is 1. The average molecular weight is 520 g/mol. The molecule has 5 rings (SSSR count). The summed E-state index contributed by atoms with van der Waals surface area (Å²) >= 11 is 0. The molecule has 0 aromatic heterocycles. The van der Waals surface area contributed by atoms with E-state index in [0.29, 0.717) is 12.0 Å². The lowest BCUT2D eigenvalue weighted by atomic mass is 9.97. The maximum Gasteiger partial charge on any atom is 0.407 e. The number of hydrogen-bond donors (Lipinski definition) is 1. The second-order valence-electron chi connectivity index (χ2n) is 10.8. The molecule has 0 spiro atoms. The predicted molar refractivity (Wildman–Crippen MR) is 153 cm³/mol. The first-order chi connectivity index (χ1) is 18.8. The zero-order valence-electron chi connectivity index (χ0n) is 22.5. The zero-order chi connectivity index (χ0) is 27.4. The molecule has 1 amide bonds. The van der Waals surface area contributed by atoms with Crippen LogP contribution in [0.5, 0.6) is 5.75 Å². The number of fused-ring (bicyclic) bond motifs is 3. The quantitative estimate of drug-likeness (QED) is 0.250. The van der Waals surface area contributed by atoms with E-state index in [4.69, 9.17) is 9.47 Å². The fraction of sp³-hybridized carbons (Fsp3) is 0.235. The Hall–Kier alpha value is -4.38. The second-order valence-corrected chi connectivity index (χ2v) is 10.8. The van der Waals surface area contributed by atoms with Gasteiger partial charge in [-0.3, -0.25) is 4.79 Å². The number of Topliss-reactive ketones (excluding diaryl/α,β-unsaturated/α-hetero) is 1. The van der Waals surface area contributed by atoms with E-state index in [1.165, 1.54) is 0 Å². The van der Waals surface area contributed by atoms with Gasteiger partial charge in [-0.1, -0.05) is 91.0 Å². The van der Waals surface area contributed by atoms with Crippen molar-refractivity contribution < 1.29 is 19.1 Å². The monoisotopic (exact) mass is 519 g/mol. The lowest BCUT2D eigenvalue weighted by molar-refractivity contribution is 0.0919. The van der Waals surface area contributed by atoms with Crippen LogP contribution in [0.2, 0.25) is 0 Å². The van der Waals surface area contributed by atoms with Crippen LogP contribution in [0.25, 0.3) is 11.1 Å². The molecular formula is C34H33NO4. The van der Waals surface area contributed by atoms with Gasteiger partial charge in [0.1, 0.15) is 18.0 Å². The molecule has 4 aromatic rings. The van der Waals surface area contributed by atoms with Gasteiger partial charge in [0.15, 0.2) is 5.78 Å². The Balaban J connectivity index is 1.30. The van der Waals surface area contributed by atoms with E-state index < -0.39 is 12.1 Å². The van der Waals surface area contributed by atoms with Gasteiger partial charge >= 0.3 is 6.09 Å². The average Bonchev–Trinajstić information content (AvgIpc) is 3.25. The van der Waals surface area contributed by atoms with E-state index >= 15 is 0 Å². The molecule has 4 aromatic carbocycles. The highest BCUT2D eigenvalue weighted by Gasteiger charge is 2.30. The van der Waals surface area contributed by atoms with Gasteiger partial charge < -0.3 is 14.8 Å². The first-order valence-electron chi connectivity index (χ1n) is 13.3. The largest absolute Gasteiger partial charge is 0.488 e. The first kappa shape index (κ1) is 26.2. The Morgan fingerprint density at radius 1 is 0.769 bits per heavy atom. The van der Waals surface area contributed by atoms with Crippen molar-refractivity contribution in [3.05, 3.63) is 125 Å². The van der Waals surface area contributed by atoms with Crippen LogP contribution in [0.1, 0.15) is 53.7 Å². The minimum absolute atomic E-state index is 0.0539. The van der Waals surface area contributed by atoms with Gasteiger partial charge in [-0.2, -0.15) is 0 Å². The minimum Gasteiger partial charge on any atom is -0.488 e. The van der Waals surface area contributed by atoms with E-state index in [-0.39, 0.29) is 23.9 Å². The number of carbonyl (C=O) groups excluding carboxylic acids is 2. The third-order valence-electron chi connectivity index (χ3n) is 6.80. The number of alkyl carbamates (subject to hydrolysis) is 1. The van der Waals surface area contributed by atoms with Crippen LogP contribution in [-0.2, 0) is 11.2 Å². The van der Waals surface area contributed by atoms with Crippen molar-refractivity contribution in [1.29, 1.82) is 0 Å². The van der Waals surface area contributed by atoms with Crippen LogP contribution in [-0.4, -0.2) is 30.1 Å². The minimum atomic E-state index is -0.780. The third-order valence-corrected chi connectivity index (χ3v) is 6.80. The van der Waals surface area contributed by atoms with Crippen LogP contribution in [0.3, 0.4) is 0 Å². The molecule has 0 saturated carbocycles. The molecule has 5 nitrogen and oxygen atoms in total. The smallest absolute Gasteiger partial charge is 0.407 e. The molecule has 0 saturated heterocycles. The van der Waals surface area contributed by atoms with Crippen molar-refractivity contribution in [3.63, 3.8) is 0 Å². The van der Waals surface area contributed by atoms with Crippen molar-refractivity contribution in [3.8, 4) is 16.9 Å². The fourth-order valence-electron chi connectivity index (χ4n) is 5.08. The Morgan fingerprint density at radius 2 is 1.33 bits per heavy atom. The number of hydrogen-bond acceptors (Lipinski definition) is 4. The Kier molecular flexibility index (Phi) is 7.51. The number of ether oxygens (including phenoxy) is 2. The molecule has 1 aliphatic carbocycles. The van der Waals surface area contributed by atoms with Gasteiger partial charge in [-0.15, -0.1) is 0 Å². The van der Waals surface area contributed by atoms with Crippen LogP contribution < -0.4 is 10.1 Å². The maximum absolute atomic E-state index is 13.4. The number of amides is 1. The molecule has 198 valence electrons. The molecule has 1 atom stereocenters. The lowest BCUT2D eigenvalue weighted by Gasteiger charge is -2.22. The normalized spacial score (nSPS) is 13.2. The van der Waals surface area contributed by atoms with Crippen LogP contribution in [0.4, 0.5) is 4.79 Å². The lowest BCUT2D eigenvalue weighted by Crippen LogP contribution is -2.43. The number of rotatable bonds is 8. The van der Waals surface area contributed by atoms with Crippen molar-refractivity contribution >= 4 is 11.9 Å². The van der Waals surface area contributed by atoms with E-state index in [0.717, 1.165) is 33.6 Å². The summed E-state index contributed by atoms with van der Waals surface area (Å²) in [5.74, 6) is 0.530. The number of benzene rings is 4. The maximum atomic E-state index is 13.4. The van der Waals surface area contributed by atoms with Crippen LogP contribution in [0.15, 0.2) is 103 Å². The van der Waals surface area contributed by atoms with Crippen LogP contribution in [0, 0.1) is 0 Å². The molecule has 0 bridgehead atoms. The summed E-state index contributed by atoms with van der Waals surface area (Å²) in [7, 11) is 0. The molecule has 0 fully saturated rings. The summed E-state index contributed by atoms with van der Waals surface area (Å²) < 4.78 is 11.7. The molecule has 0 unspecified atom stereocenters. The number of carbonyl (C=O) groups is 2. The van der Waals surface area contributed by atoms with Crippen molar-refractivity contribution in [2.45, 2.75) is 44.8 Å². The molecule has 39 heavy (non-hydrogen) atoms. The van der Waals surface area contributed by atoms with E-state index in [1.54, 1.807) is 12.1 Å². The van der Waals surface area contributed by atoms with Gasteiger partial charge in [0, 0.05) is 17.9 Å². The van der Waals surface area contributed by atoms with Gasteiger partial charge in [-0.25, -0.2) is 4.79 Å². The van der Waals surface area contributed by atoms with Crippen molar-refractivity contribution in [1.82, 2.24) is 5.32 Å². The fourth-order valence-corrected chi connectivity index (χ4v) is 5.08. The van der Waals surface area contributed by atoms with Crippen molar-refractivity contribution in [2.75, 3.05) is 6.61 Å². The van der Waals surface area contributed by atoms with Gasteiger partial charge in [0.05, 0.1) is 6.04 Å². The molecule has 0 heterocycles. The molecule has 0 aliphatic heterocycles. The Labute approximate surface area is 229 Å². The van der Waals surface area contributed by atoms with E-state index in [1.807, 2.05) is 87.5 Å². The summed E-state index contributed by atoms with van der Waals surface area (Å²) in [6, 6.07) is 32.3. The SMILES string of the molecule is CC(C)(C)Oc1ccc(C[C@H](NC(=O)OCC2c3ccccc3-c3ccccc32)C(=O)c2ccccc2)cc1. The topological polar surface area (TPSA) is 64.6 Å². The standard InChI is InChI=1S/C34H33NO4/c1-34(2,3)39-25-19-17-23(18-20-25)21-31(32(36)24-11-5-4-6-12-24)35-33(37)38-22-30-28-15-9-7-13-26(28)27-14-8-10-16-29(27)30/h4-20,30-31H,21-22H2,1-3H3,(H,35,37)/t31-/m0/s1. The summed E-state index contributed by atoms with van der Waals surface area (Å²) in [6.45, 7) is 6.17. The molecule has 1 aliphatic rings. The number of ketones is 1. The van der Waals surface area contributed by atoms with Crippen molar-refractivity contribution in [2.24, 2.45) is 0 Å². The summed E-state index contributed by atoms with van der Waals surface area (Å²) in [6.07, 6.45) is -0.285. The predicted octanol–water partition coefficient (Wildman–Crippen LogP) is 7.20. The molecule has 5 heteroatoms. The second kappa shape index (κ2) is 11.2. The first-order valence-corrected chi connectivity index (χ1v) is 13.3. The summed E-state index contributed by atoms with van der Waals surface area (Å²) in [5, 5.41) is 2.85. The third kappa shape index (κ3) is 6.20.